The average molecular weight is 344 g/mol. The van der Waals surface area contributed by atoms with E-state index in [0.717, 1.165) is 5.56 Å². The standard InChI is InChI=1S/C17H20N4O4/c1-10(2)18-16(22)6-4-12-17(23)19-15(21-20-12)8-11-3-5-13-14(7-11)25-9-24-13/h3,5,7,10H,4,6,8-9H2,1-2H3,(H,18,22)(H,19,21,23). The molecule has 8 heteroatoms. The van der Waals surface area contributed by atoms with Crippen LogP contribution in [0.5, 0.6) is 11.5 Å². The van der Waals surface area contributed by atoms with Crippen molar-refractivity contribution in [3.05, 3.63) is 45.6 Å². The van der Waals surface area contributed by atoms with Crippen molar-refractivity contribution in [2.24, 2.45) is 0 Å². The number of carbonyl (C=O) groups excluding carboxylic acids is 1. The molecule has 25 heavy (non-hydrogen) atoms. The smallest absolute Gasteiger partial charge is 0.272 e. The fourth-order valence-electron chi connectivity index (χ4n) is 2.51. The molecule has 0 saturated heterocycles. The van der Waals surface area contributed by atoms with Crippen LogP contribution in [-0.4, -0.2) is 33.9 Å². The van der Waals surface area contributed by atoms with Crippen molar-refractivity contribution in [2.75, 3.05) is 6.79 Å². The van der Waals surface area contributed by atoms with E-state index in [9.17, 15) is 9.59 Å². The Labute approximate surface area is 144 Å². The summed E-state index contributed by atoms with van der Waals surface area (Å²) in [6.07, 6.45) is 0.885. The van der Waals surface area contributed by atoms with Gasteiger partial charge in [-0.15, -0.1) is 10.2 Å². The molecule has 8 nitrogen and oxygen atoms in total. The lowest BCUT2D eigenvalue weighted by molar-refractivity contribution is -0.121. The van der Waals surface area contributed by atoms with Crippen LogP contribution in [0.25, 0.3) is 0 Å². The van der Waals surface area contributed by atoms with Crippen LogP contribution in [0.15, 0.2) is 23.0 Å². The third-order valence-electron chi connectivity index (χ3n) is 3.66. The number of fused-ring (bicyclic) bond motifs is 1. The molecule has 2 heterocycles. The molecule has 132 valence electrons. The molecule has 2 N–H and O–H groups in total. The highest BCUT2D eigenvalue weighted by molar-refractivity contribution is 5.76. The average Bonchev–Trinajstić information content (AvgIpc) is 3.01. The van der Waals surface area contributed by atoms with Crippen LogP contribution in [0.1, 0.15) is 37.4 Å². The second-order valence-electron chi connectivity index (χ2n) is 6.13. The fraction of sp³-hybridized carbons (Fsp3) is 0.412. The summed E-state index contributed by atoms with van der Waals surface area (Å²) in [5.41, 5.74) is 0.870. The first kappa shape index (κ1) is 16.9. The normalized spacial score (nSPS) is 12.4. The van der Waals surface area contributed by atoms with E-state index in [1.165, 1.54) is 0 Å². The minimum atomic E-state index is -0.317. The molecule has 0 unspecified atom stereocenters. The van der Waals surface area contributed by atoms with Gasteiger partial charge in [0.25, 0.3) is 5.56 Å². The van der Waals surface area contributed by atoms with Crippen LogP contribution in [0, 0.1) is 0 Å². The number of hydrogen-bond acceptors (Lipinski definition) is 6. The summed E-state index contributed by atoms with van der Waals surface area (Å²) in [6.45, 7) is 3.99. The van der Waals surface area contributed by atoms with Gasteiger partial charge in [-0.25, -0.2) is 0 Å². The molecule has 1 aliphatic heterocycles. The molecule has 1 amide bonds. The number of hydrogen-bond donors (Lipinski definition) is 2. The summed E-state index contributed by atoms with van der Waals surface area (Å²) in [5, 5.41) is 10.8. The molecule has 2 aromatic rings. The van der Waals surface area contributed by atoms with Gasteiger partial charge in [0.15, 0.2) is 11.5 Å². The molecule has 1 aromatic heterocycles. The van der Waals surface area contributed by atoms with Gasteiger partial charge in [-0.2, -0.15) is 0 Å². The predicted molar refractivity (Wildman–Crippen MR) is 89.6 cm³/mol. The minimum absolute atomic E-state index is 0.0703. The SMILES string of the molecule is CC(C)NC(=O)CCc1nnc(Cc2ccc3c(c2)OCO3)[nH]c1=O. The van der Waals surface area contributed by atoms with Gasteiger partial charge in [0.2, 0.25) is 12.7 Å². The monoisotopic (exact) mass is 344 g/mol. The van der Waals surface area contributed by atoms with Crippen molar-refractivity contribution in [1.82, 2.24) is 20.5 Å². The van der Waals surface area contributed by atoms with Crippen molar-refractivity contribution in [2.45, 2.75) is 39.2 Å². The van der Waals surface area contributed by atoms with Crippen molar-refractivity contribution >= 4 is 5.91 Å². The molecule has 0 spiro atoms. The summed E-state index contributed by atoms with van der Waals surface area (Å²) < 4.78 is 10.6. The van der Waals surface area contributed by atoms with Crippen molar-refractivity contribution in [3.63, 3.8) is 0 Å². The highest BCUT2D eigenvalue weighted by Gasteiger charge is 2.14. The van der Waals surface area contributed by atoms with Crippen LogP contribution in [0.3, 0.4) is 0 Å². The van der Waals surface area contributed by atoms with E-state index in [0.29, 0.717) is 23.7 Å². The Bertz CT molecular complexity index is 832. The molecular weight excluding hydrogens is 324 g/mol. The van der Waals surface area contributed by atoms with Gasteiger partial charge in [-0.1, -0.05) is 6.07 Å². The molecular formula is C17H20N4O4. The van der Waals surface area contributed by atoms with Gasteiger partial charge in [-0.3, -0.25) is 9.59 Å². The first-order valence-corrected chi connectivity index (χ1v) is 8.14. The maximum atomic E-state index is 12.1. The van der Waals surface area contributed by atoms with E-state index in [1.54, 1.807) is 0 Å². The molecule has 1 aromatic carbocycles. The van der Waals surface area contributed by atoms with Gasteiger partial charge >= 0.3 is 0 Å². The Hall–Kier alpha value is -2.90. The second kappa shape index (κ2) is 7.33. The van der Waals surface area contributed by atoms with Crippen LogP contribution in [0.4, 0.5) is 0 Å². The number of carbonyl (C=O) groups is 1. The summed E-state index contributed by atoms with van der Waals surface area (Å²) in [5.74, 6) is 1.74. The van der Waals surface area contributed by atoms with Gasteiger partial charge in [0.1, 0.15) is 11.5 Å². The minimum Gasteiger partial charge on any atom is -0.454 e. The van der Waals surface area contributed by atoms with E-state index < -0.39 is 0 Å². The largest absolute Gasteiger partial charge is 0.454 e. The van der Waals surface area contributed by atoms with Gasteiger partial charge in [-0.05, 0) is 31.5 Å². The Balaban J connectivity index is 1.64. The number of benzene rings is 1. The number of aromatic amines is 1. The van der Waals surface area contributed by atoms with Crippen LogP contribution in [-0.2, 0) is 17.6 Å². The van der Waals surface area contributed by atoms with Gasteiger partial charge in [0, 0.05) is 25.3 Å². The lowest BCUT2D eigenvalue weighted by Crippen LogP contribution is -2.31. The third kappa shape index (κ3) is 4.34. The second-order valence-corrected chi connectivity index (χ2v) is 6.13. The topological polar surface area (TPSA) is 106 Å². The molecule has 3 rings (SSSR count). The zero-order valence-electron chi connectivity index (χ0n) is 14.2. The van der Waals surface area contributed by atoms with Crippen molar-refractivity contribution < 1.29 is 14.3 Å². The van der Waals surface area contributed by atoms with E-state index in [1.807, 2.05) is 32.0 Å². The number of nitrogens with zero attached hydrogens (tertiary/aromatic N) is 2. The third-order valence-corrected chi connectivity index (χ3v) is 3.66. The number of aromatic nitrogens is 3. The molecule has 0 saturated carbocycles. The molecule has 0 radical (unpaired) electrons. The maximum Gasteiger partial charge on any atom is 0.272 e. The van der Waals surface area contributed by atoms with Crippen LogP contribution >= 0.6 is 0 Å². The number of amides is 1. The molecule has 0 atom stereocenters. The number of aryl methyl sites for hydroxylation is 1. The van der Waals surface area contributed by atoms with Gasteiger partial charge < -0.3 is 19.8 Å². The lowest BCUT2D eigenvalue weighted by Gasteiger charge is -2.07. The summed E-state index contributed by atoms with van der Waals surface area (Å²) in [6, 6.07) is 5.63. The summed E-state index contributed by atoms with van der Waals surface area (Å²) in [7, 11) is 0. The Morgan fingerprint density at radius 1 is 1.28 bits per heavy atom. The Morgan fingerprint density at radius 3 is 2.84 bits per heavy atom. The van der Waals surface area contributed by atoms with E-state index >= 15 is 0 Å². The fourth-order valence-corrected chi connectivity index (χ4v) is 2.51. The van der Waals surface area contributed by atoms with E-state index in [4.69, 9.17) is 9.47 Å². The number of H-pyrrole nitrogens is 1. The van der Waals surface area contributed by atoms with E-state index in [-0.39, 0.29) is 42.8 Å². The quantitative estimate of drug-likeness (QED) is 0.808. The first-order valence-electron chi connectivity index (χ1n) is 8.14. The first-order chi connectivity index (χ1) is 12.0. The number of rotatable bonds is 6. The lowest BCUT2D eigenvalue weighted by atomic mass is 10.1. The van der Waals surface area contributed by atoms with Crippen molar-refractivity contribution in [3.8, 4) is 11.5 Å². The van der Waals surface area contributed by atoms with E-state index in [2.05, 4.69) is 20.5 Å². The number of ether oxygens (including phenoxy) is 2. The highest BCUT2D eigenvalue weighted by atomic mass is 16.7. The molecule has 0 fully saturated rings. The zero-order chi connectivity index (χ0) is 17.8. The van der Waals surface area contributed by atoms with Crippen LogP contribution < -0.4 is 20.3 Å². The zero-order valence-corrected chi connectivity index (χ0v) is 14.2. The predicted octanol–water partition coefficient (Wildman–Crippen LogP) is 0.942. The summed E-state index contributed by atoms with van der Waals surface area (Å²) >= 11 is 0. The van der Waals surface area contributed by atoms with Gasteiger partial charge in [0.05, 0.1) is 0 Å². The highest BCUT2D eigenvalue weighted by Crippen LogP contribution is 2.32. The Morgan fingerprint density at radius 2 is 2.08 bits per heavy atom. The van der Waals surface area contributed by atoms with Crippen molar-refractivity contribution in [1.29, 1.82) is 0 Å². The molecule has 1 aliphatic rings. The van der Waals surface area contributed by atoms with Crippen LogP contribution in [0.2, 0.25) is 0 Å². The summed E-state index contributed by atoms with van der Waals surface area (Å²) in [4.78, 5) is 26.5. The molecule has 0 aliphatic carbocycles. The molecule has 0 bridgehead atoms. The number of nitrogens with one attached hydrogen (secondary N) is 2. The Kier molecular flexibility index (Phi) is 4.97. The maximum absolute atomic E-state index is 12.1.